The lowest BCUT2D eigenvalue weighted by atomic mass is 10.0. The van der Waals surface area contributed by atoms with Crippen LogP contribution in [0.2, 0.25) is 0 Å². The molecule has 0 atom stereocenters. The minimum absolute atomic E-state index is 0.00622. The maximum Gasteiger partial charge on any atom is 0.260 e. The number of azo groups is 3. The highest BCUT2D eigenvalue weighted by Gasteiger charge is 2.26. The van der Waals surface area contributed by atoms with Crippen molar-refractivity contribution in [3.8, 4) is 53.2 Å². The van der Waals surface area contributed by atoms with Crippen molar-refractivity contribution in [3.63, 3.8) is 0 Å². The second-order valence-electron chi connectivity index (χ2n) is 19.8. The molecule has 0 radical (unpaired) electrons. The van der Waals surface area contributed by atoms with Crippen molar-refractivity contribution >= 4 is 102 Å². The van der Waals surface area contributed by atoms with E-state index < -0.39 is 35.0 Å². The van der Waals surface area contributed by atoms with Crippen molar-refractivity contribution in [3.05, 3.63) is 222 Å². The van der Waals surface area contributed by atoms with Gasteiger partial charge >= 0.3 is 0 Å². The molecular formula is C64H37N23O6. The van der Waals surface area contributed by atoms with Crippen LogP contribution >= 0.6 is 0 Å². The van der Waals surface area contributed by atoms with Crippen LogP contribution in [0, 0.1) is 34.0 Å². The third-order valence-corrected chi connectivity index (χ3v) is 14.1. The van der Waals surface area contributed by atoms with E-state index in [2.05, 4.69) is 86.9 Å². The van der Waals surface area contributed by atoms with Crippen LogP contribution in [0.15, 0.2) is 220 Å². The number of fused-ring (bicyclic) bond motifs is 3. The van der Waals surface area contributed by atoms with E-state index >= 15 is 0 Å². The van der Waals surface area contributed by atoms with Crippen molar-refractivity contribution in [1.82, 2.24) is 54.3 Å². The molecule has 0 aliphatic heterocycles. The number of nitriles is 3. The lowest BCUT2D eigenvalue weighted by Crippen LogP contribution is -2.17. The maximum absolute atomic E-state index is 15.0. The monoisotopic (exact) mass is 1220 g/mol. The molecule has 29 nitrogen and oxygen atoms in total. The van der Waals surface area contributed by atoms with Crippen molar-refractivity contribution in [2.45, 2.75) is 0 Å². The number of aromatic nitrogens is 11. The predicted octanol–water partition coefficient (Wildman–Crippen LogP) is 12.4. The summed E-state index contributed by atoms with van der Waals surface area (Å²) in [6, 6.07) is 42.5. The lowest BCUT2D eigenvalue weighted by Gasteiger charge is -2.16. The van der Waals surface area contributed by atoms with Gasteiger partial charge in [0.2, 0.25) is 0 Å². The van der Waals surface area contributed by atoms with Gasteiger partial charge in [0.05, 0.1) is 35.3 Å². The molecule has 13 rings (SSSR count). The number of amides is 3. The Balaban J connectivity index is 0.895. The number of phenolic OH excluding ortho intramolecular Hbond substituents is 3. The highest BCUT2D eigenvalue weighted by molar-refractivity contribution is 6.20. The van der Waals surface area contributed by atoms with Gasteiger partial charge in [-0.05, 0) is 93.0 Å². The van der Waals surface area contributed by atoms with Gasteiger partial charge in [0.15, 0.2) is 40.5 Å². The molecule has 0 saturated heterocycles. The number of benzene rings is 7. The van der Waals surface area contributed by atoms with E-state index in [0.29, 0.717) is 22.0 Å². The third-order valence-electron chi connectivity index (χ3n) is 14.1. The van der Waals surface area contributed by atoms with Crippen molar-refractivity contribution in [2.24, 2.45) is 30.7 Å². The molecule has 7 aromatic carbocycles. The second-order valence-corrected chi connectivity index (χ2v) is 19.8. The summed E-state index contributed by atoms with van der Waals surface area (Å²) in [5.74, 6) is -4.40. The molecule has 3 amide bonds. The molecule has 93 heavy (non-hydrogen) atoms. The summed E-state index contributed by atoms with van der Waals surface area (Å²) in [5, 5.41) is 115. The predicted molar refractivity (Wildman–Crippen MR) is 333 cm³/mol. The smallest absolute Gasteiger partial charge is 0.260 e. The highest BCUT2D eigenvalue weighted by atomic mass is 16.3. The van der Waals surface area contributed by atoms with Gasteiger partial charge in [0, 0.05) is 48.0 Å². The number of nitrogens with one attached hydrogen (secondary N) is 3. The van der Waals surface area contributed by atoms with Crippen LogP contribution in [-0.4, -0.2) is 87.3 Å². The average molecular weight is 1220 g/mol. The Kier molecular flexibility index (Phi) is 15.2. The fourth-order valence-electron chi connectivity index (χ4n) is 9.90. The minimum Gasteiger partial charge on any atom is -0.505 e. The number of hydrogen-bond donors (Lipinski definition) is 6. The lowest BCUT2D eigenvalue weighted by molar-refractivity contribution is 0.101. The standard InChI is InChI=1S/C64H37N23O6/c65-29-38-32-73-85(50-17-7-8-18-68-50)57(38)82-79-47-23-35-11-1-4-14-44(35)51(54(47)88)60(91)76-41-26-42(77-61(92)52-45-15-5-2-12-36(45)24-48(55(52)89)80-83-58-39(30-66)33-74-86(58)63-69-19-9-20-70-63)28-43(27-41)78-62(93)53-46-16-6-3-13-37(46)25-49(56(53)90)81-84-59-40(31-67)34-75-87(59)64-71-21-10-22-72-64/h1-28,32-34,88-90H,(H,76,91)(H,77,92)(H,78,93). The molecule has 6 heterocycles. The van der Waals surface area contributed by atoms with E-state index in [1.165, 1.54) is 100 Å². The van der Waals surface area contributed by atoms with E-state index in [0.717, 1.165) is 0 Å². The summed E-state index contributed by atoms with van der Waals surface area (Å²) < 4.78 is 3.64. The molecule has 0 aliphatic rings. The molecule has 6 aromatic heterocycles. The average Bonchev–Trinajstić information content (AvgIpc) is 1.67. The number of carbonyl (C=O) groups is 3. The van der Waals surface area contributed by atoms with E-state index in [1.807, 2.05) is 18.2 Å². The first-order valence-corrected chi connectivity index (χ1v) is 27.5. The van der Waals surface area contributed by atoms with Gasteiger partial charge in [0.1, 0.15) is 52.0 Å². The summed E-state index contributed by atoms with van der Waals surface area (Å²) in [4.78, 5) is 65.9. The third kappa shape index (κ3) is 11.2. The SMILES string of the molecule is N#Cc1cnn(-c2ccccn2)c1N=Nc1cc2ccccc2c(C(=O)Nc2cc(NC(=O)c3c(O)c(N=Nc4c(C#N)cnn4-c4ncccn4)cc4ccccc34)cc(NC(=O)c3c(O)c(N=Nc4c(C#N)cnn4-c4ncccn4)cc4ccccc34)c2)c1O. The fourth-order valence-corrected chi connectivity index (χ4v) is 9.90. The number of nitrogens with zero attached hydrogens (tertiary/aromatic N) is 20. The normalized spacial score (nSPS) is 11.3. The van der Waals surface area contributed by atoms with Crippen molar-refractivity contribution < 1.29 is 29.7 Å². The first-order chi connectivity index (χ1) is 45.5. The van der Waals surface area contributed by atoms with E-state index in [1.54, 1.807) is 103 Å². The van der Waals surface area contributed by atoms with Gasteiger partial charge < -0.3 is 31.3 Å². The Hall–Kier alpha value is -14.7. The van der Waals surface area contributed by atoms with Crippen molar-refractivity contribution in [2.75, 3.05) is 16.0 Å². The van der Waals surface area contributed by atoms with Gasteiger partial charge in [-0.2, -0.15) is 45.1 Å². The van der Waals surface area contributed by atoms with Gasteiger partial charge in [-0.15, -0.1) is 30.7 Å². The molecule has 0 bridgehead atoms. The van der Waals surface area contributed by atoms with Crippen LogP contribution in [-0.2, 0) is 0 Å². The zero-order valence-corrected chi connectivity index (χ0v) is 47.4. The molecule has 0 spiro atoms. The zero-order valence-electron chi connectivity index (χ0n) is 47.4. The second kappa shape index (κ2) is 24.6. The molecule has 0 unspecified atom stereocenters. The van der Waals surface area contributed by atoms with Gasteiger partial charge in [-0.25, -0.2) is 24.9 Å². The molecule has 444 valence electrons. The largest absolute Gasteiger partial charge is 0.505 e. The fraction of sp³-hybridized carbons (Fsp3) is 0. The van der Waals surface area contributed by atoms with Crippen LogP contribution in [0.1, 0.15) is 47.8 Å². The summed E-state index contributed by atoms with van der Waals surface area (Å²) in [6.07, 6.45) is 11.1. The summed E-state index contributed by atoms with van der Waals surface area (Å²) in [6.45, 7) is 0. The van der Waals surface area contributed by atoms with Gasteiger partial charge in [-0.1, -0.05) is 78.9 Å². The van der Waals surface area contributed by atoms with E-state index in [9.17, 15) is 45.5 Å². The molecule has 0 aliphatic carbocycles. The van der Waals surface area contributed by atoms with Crippen LogP contribution in [0.3, 0.4) is 0 Å². The Labute approximate surface area is 521 Å². The van der Waals surface area contributed by atoms with Gasteiger partial charge in [-0.3, -0.25) is 14.4 Å². The number of phenols is 3. The first kappa shape index (κ1) is 57.4. The Morgan fingerprint density at radius 2 is 0.710 bits per heavy atom. The number of rotatable bonds is 15. The molecule has 0 fully saturated rings. The molecule has 13 aromatic rings. The number of anilines is 3. The Morgan fingerprint density at radius 1 is 0.387 bits per heavy atom. The van der Waals surface area contributed by atoms with Crippen LogP contribution in [0.25, 0.3) is 50.0 Å². The number of hydrogen-bond acceptors (Lipinski definition) is 23. The van der Waals surface area contributed by atoms with Crippen LogP contribution < -0.4 is 16.0 Å². The van der Waals surface area contributed by atoms with Gasteiger partial charge in [0.25, 0.3) is 29.6 Å². The number of aromatic hydroxyl groups is 3. The highest BCUT2D eigenvalue weighted by Crippen LogP contribution is 2.43. The molecule has 0 saturated carbocycles. The Bertz CT molecular complexity index is 4870. The van der Waals surface area contributed by atoms with E-state index in [-0.39, 0.29) is 113 Å². The quantitative estimate of drug-likeness (QED) is 0.0519. The minimum atomic E-state index is -0.922. The molecular weight excluding hydrogens is 1190 g/mol. The number of pyridine rings is 1. The molecule has 6 N–H and O–H groups in total. The maximum atomic E-state index is 15.0. The Morgan fingerprint density at radius 3 is 1.05 bits per heavy atom. The van der Waals surface area contributed by atoms with E-state index in [4.69, 9.17) is 0 Å². The zero-order chi connectivity index (χ0) is 64.1. The van der Waals surface area contributed by atoms with Crippen LogP contribution in [0.4, 0.5) is 51.6 Å². The molecule has 29 heteroatoms. The van der Waals surface area contributed by atoms with Crippen molar-refractivity contribution in [1.29, 1.82) is 15.8 Å². The summed E-state index contributed by atoms with van der Waals surface area (Å²) >= 11 is 0. The first-order valence-electron chi connectivity index (χ1n) is 27.5. The summed E-state index contributed by atoms with van der Waals surface area (Å²) in [5.41, 5.74) is -1.71. The number of carbonyl (C=O) groups excluding carboxylic acids is 3. The topological polar surface area (TPSA) is 411 Å². The summed E-state index contributed by atoms with van der Waals surface area (Å²) in [7, 11) is 0. The van der Waals surface area contributed by atoms with Crippen LogP contribution in [0.5, 0.6) is 17.2 Å².